The van der Waals surface area contributed by atoms with Crippen LogP contribution < -0.4 is 4.74 Å². The first-order valence-electron chi connectivity index (χ1n) is 13.4. The molecule has 3 rings (SSSR count). The van der Waals surface area contributed by atoms with Crippen LogP contribution in [0, 0.1) is 0 Å². The standard InChI is InChI=1S/C31H39FN2O2/c1-4-6-8-9-10-11-21-31(3,32)30(35)36-28-19-17-25(18-20-28)27-22-33-29(34-23-27)26-15-13-24(14-16-26)12-7-5-2/h13-20,22-23H,4-12,21H2,1-3H3. The van der Waals surface area contributed by atoms with Crippen molar-refractivity contribution < 1.29 is 13.9 Å². The third kappa shape index (κ3) is 8.25. The number of carbonyl (C=O) groups excluding carboxylic acids is 1. The van der Waals surface area contributed by atoms with E-state index in [1.165, 1.54) is 38.2 Å². The molecule has 3 aromatic rings. The Morgan fingerprint density at radius 3 is 2.00 bits per heavy atom. The van der Waals surface area contributed by atoms with Crippen LogP contribution in [0.2, 0.25) is 0 Å². The summed E-state index contributed by atoms with van der Waals surface area (Å²) in [5.74, 6) is 0.174. The van der Waals surface area contributed by atoms with E-state index in [-0.39, 0.29) is 6.42 Å². The molecule has 4 nitrogen and oxygen atoms in total. The number of hydrogen-bond acceptors (Lipinski definition) is 4. The lowest BCUT2D eigenvalue weighted by molar-refractivity contribution is -0.147. The Morgan fingerprint density at radius 2 is 1.36 bits per heavy atom. The van der Waals surface area contributed by atoms with Crippen molar-refractivity contribution in [2.45, 2.75) is 90.6 Å². The predicted octanol–water partition coefficient (Wildman–Crippen LogP) is 8.54. The minimum absolute atomic E-state index is 0.182. The number of benzene rings is 2. The molecule has 0 bridgehead atoms. The van der Waals surface area contributed by atoms with Gasteiger partial charge < -0.3 is 4.74 Å². The lowest BCUT2D eigenvalue weighted by atomic mass is 9.99. The smallest absolute Gasteiger partial charge is 0.348 e. The Bertz CT molecular complexity index is 1060. The minimum Gasteiger partial charge on any atom is -0.424 e. The maximum absolute atomic E-state index is 14.9. The number of aromatic nitrogens is 2. The summed E-state index contributed by atoms with van der Waals surface area (Å²) in [7, 11) is 0. The molecule has 0 spiro atoms. The zero-order chi connectivity index (χ0) is 25.8. The molecule has 0 aliphatic rings. The molecular weight excluding hydrogens is 451 g/mol. The lowest BCUT2D eigenvalue weighted by Crippen LogP contribution is -2.34. The van der Waals surface area contributed by atoms with E-state index < -0.39 is 11.6 Å². The van der Waals surface area contributed by atoms with Gasteiger partial charge in [-0.1, -0.05) is 88.8 Å². The molecule has 1 aromatic heterocycles. The first-order chi connectivity index (χ1) is 17.4. The summed E-state index contributed by atoms with van der Waals surface area (Å²) in [6, 6.07) is 15.4. The number of carbonyl (C=O) groups is 1. The van der Waals surface area contributed by atoms with Crippen molar-refractivity contribution >= 4 is 5.97 Å². The van der Waals surface area contributed by atoms with Crippen molar-refractivity contribution in [2.24, 2.45) is 0 Å². The molecule has 0 saturated carbocycles. The number of hydrogen-bond donors (Lipinski definition) is 0. The summed E-state index contributed by atoms with van der Waals surface area (Å²) in [6.07, 6.45) is 13.5. The van der Waals surface area contributed by atoms with Crippen molar-refractivity contribution in [3.8, 4) is 28.3 Å². The van der Waals surface area contributed by atoms with Crippen LogP contribution in [0.3, 0.4) is 0 Å². The number of rotatable bonds is 14. The number of esters is 1. The van der Waals surface area contributed by atoms with E-state index in [0.717, 1.165) is 42.4 Å². The van der Waals surface area contributed by atoms with Crippen LogP contribution in [0.15, 0.2) is 60.9 Å². The number of unbranched alkanes of at least 4 members (excludes halogenated alkanes) is 6. The van der Waals surface area contributed by atoms with Gasteiger partial charge in [0.1, 0.15) is 5.75 Å². The van der Waals surface area contributed by atoms with Crippen LogP contribution in [0.4, 0.5) is 4.39 Å². The van der Waals surface area contributed by atoms with Crippen LogP contribution >= 0.6 is 0 Å². The van der Waals surface area contributed by atoms with Gasteiger partial charge in [-0.3, -0.25) is 0 Å². The second kappa shape index (κ2) is 13.9. The molecule has 0 saturated heterocycles. The molecular formula is C31H39FN2O2. The van der Waals surface area contributed by atoms with E-state index in [1.54, 1.807) is 24.5 Å². The van der Waals surface area contributed by atoms with Gasteiger partial charge in [-0.05, 0) is 55.9 Å². The fraction of sp³-hybridized carbons (Fsp3) is 0.452. The highest BCUT2D eigenvalue weighted by Gasteiger charge is 2.34. The Hall–Kier alpha value is -3.08. The van der Waals surface area contributed by atoms with Crippen molar-refractivity contribution in [1.82, 2.24) is 9.97 Å². The van der Waals surface area contributed by atoms with Gasteiger partial charge in [0.05, 0.1) is 0 Å². The quantitative estimate of drug-likeness (QED) is 0.129. The third-order valence-electron chi connectivity index (χ3n) is 6.51. The lowest BCUT2D eigenvalue weighted by Gasteiger charge is -2.18. The van der Waals surface area contributed by atoms with Crippen molar-refractivity contribution in [2.75, 3.05) is 0 Å². The minimum atomic E-state index is -1.98. The van der Waals surface area contributed by atoms with E-state index >= 15 is 0 Å². The highest BCUT2D eigenvalue weighted by molar-refractivity contribution is 5.81. The average Bonchev–Trinajstić information content (AvgIpc) is 2.90. The number of alkyl halides is 1. The van der Waals surface area contributed by atoms with Gasteiger partial charge in [-0.2, -0.15) is 0 Å². The number of halogens is 1. The van der Waals surface area contributed by atoms with Crippen molar-refractivity contribution in [3.63, 3.8) is 0 Å². The molecule has 0 amide bonds. The summed E-state index contributed by atoms with van der Waals surface area (Å²) >= 11 is 0. The predicted molar refractivity (Wildman–Crippen MR) is 145 cm³/mol. The zero-order valence-electron chi connectivity index (χ0n) is 21.9. The fourth-order valence-electron chi connectivity index (χ4n) is 4.10. The Kier molecular flexibility index (Phi) is 10.6. The van der Waals surface area contributed by atoms with Gasteiger partial charge in [0.15, 0.2) is 5.82 Å². The van der Waals surface area contributed by atoms with Crippen LogP contribution in [-0.4, -0.2) is 21.6 Å². The van der Waals surface area contributed by atoms with Gasteiger partial charge in [-0.15, -0.1) is 0 Å². The largest absolute Gasteiger partial charge is 0.424 e. The summed E-state index contributed by atoms with van der Waals surface area (Å²) < 4.78 is 20.2. The Morgan fingerprint density at radius 1 is 0.778 bits per heavy atom. The topological polar surface area (TPSA) is 52.1 Å². The van der Waals surface area contributed by atoms with Crippen molar-refractivity contribution in [1.29, 1.82) is 0 Å². The van der Waals surface area contributed by atoms with Gasteiger partial charge in [0.2, 0.25) is 5.67 Å². The molecule has 36 heavy (non-hydrogen) atoms. The third-order valence-corrected chi connectivity index (χ3v) is 6.51. The summed E-state index contributed by atoms with van der Waals surface area (Å²) in [5.41, 5.74) is 2.08. The highest BCUT2D eigenvalue weighted by Crippen LogP contribution is 2.26. The van der Waals surface area contributed by atoms with Crippen LogP contribution in [0.1, 0.15) is 84.1 Å². The molecule has 1 heterocycles. The van der Waals surface area contributed by atoms with Gasteiger partial charge in [0, 0.05) is 23.5 Å². The molecule has 192 valence electrons. The maximum Gasteiger partial charge on any atom is 0.348 e. The molecule has 0 N–H and O–H groups in total. The first kappa shape index (κ1) is 27.5. The highest BCUT2D eigenvalue weighted by atomic mass is 19.1. The summed E-state index contributed by atoms with van der Waals surface area (Å²) in [6.45, 7) is 5.68. The SMILES string of the molecule is CCCCCCCCC(C)(F)C(=O)Oc1ccc(-c2cnc(-c3ccc(CCCC)cc3)nc2)cc1. The molecule has 5 heteroatoms. The maximum atomic E-state index is 14.9. The molecule has 1 unspecified atom stereocenters. The van der Waals surface area contributed by atoms with Crippen LogP contribution in [-0.2, 0) is 11.2 Å². The molecule has 0 radical (unpaired) electrons. The Balaban J connectivity index is 1.54. The molecule has 1 atom stereocenters. The Labute approximate surface area is 215 Å². The van der Waals surface area contributed by atoms with E-state index in [0.29, 0.717) is 18.0 Å². The van der Waals surface area contributed by atoms with Crippen molar-refractivity contribution in [3.05, 3.63) is 66.5 Å². The van der Waals surface area contributed by atoms with E-state index in [1.807, 2.05) is 12.1 Å². The normalized spacial score (nSPS) is 12.8. The van der Waals surface area contributed by atoms with Gasteiger partial charge >= 0.3 is 5.97 Å². The zero-order valence-corrected chi connectivity index (χ0v) is 21.9. The van der Waals surface area contributed by atoms with E-state index in [9.17, 15) is 9.18 Å². The second-order valence-corrected chi connectivity index (χ2v) is 9.72. The first-order valence-corrected chi connectivity index (χ1v) is 13.4. The number of ether oxygens (including phenoxy) is 1. The number of aryl methyl sites for hydroxylation is 1. The molecule has 0 aliphatic heterocycles. The molecule has 0 aliphatic carbocycles. The van der Waals surface area contributed by atoms with Gasteiger partial charge in [-0.25, -0.2) is 19.2 Å². The van der Waals surface area contributed by atoms with E-state index in [2.05, 4.69) is 48.1 Å². The fourth-order valence-corrected chi connectivity index (χ4v) is 4.10. The van der Waals surface area contributed by atoms with Crippen LogP contribution in [0.25, 0.3) is 22.5 Å². The summed E-state index contributed by atoms with van der Waals surface area (Å²) in [5, 5.41) is 0. The molecule has 0 fully saturated rings. The van der Waals surface area contributed by atoms with Gasteiger partial charge in [0.25, 0.3) is 0 Å². The van der Waals surface area contributed by atoms with E-state index in [4.69, 9.17) is 4.74 Å². The average molecular weight is 491 g/mol. The second-order valence-electron chi connectivity index (χ2n) is 9.72. The monoisotopic (exact) mass is 490 g/mol. The molecule has 2 aromatic carbocycles. The van der Waals surface area contributed by atoms with Crippen LogP contribution in [0.5, 0.6) is 5.75 Å². The summed E-state index contributed by atoms with van der Waals surface area (Å²) in [4.78, 5) is 21.4. The number of nitrogens with zero attached hydrogens (tertiary/aromatic N) is 2.